The summed E-state index contributed by atoms with van der Waals surface area (Å²) in [6, 6.07) is 13.4. The fourth-order valence-electron chi connectivity index (χ4n) is 2.75. The molecule has 0 nitrogen and oxygen atoms in total. The van der Waals surface area contributed by atoms with Crippen LogP contribution < -0.4 is 10.6 Å². The molecule has 0 aliphatic heterocycles. The number of allylic oxidation sites excluding steroid dienone is 4. The fourth-order valence-corrected chi connectivity index (χ4v) is 6.59. The van der Waals surface area contributed by atoms with Gasteiger partial charge < -0.3 is 0 Å². The minimum Gasteiger partial charge on any atom is -0.207 e. The van der Waals surface area contributed by atoms with Crippen molar-refractivity contribution in [3.63, 3.8) is 0 Å². The van der Waals surface area contributed by atoms with Crippen LogP contribution in [0.3, 0.4) is 0 Å². The lowest BCUT2D eigenvalue weighted by molar-refractivity contribution is 0.628. The Morgan fingerprint density at radius 1 is 0.840 bits per heavy atom. The highest BCUT2D eigenvalue weighted by atomic mass is 32.2. The summed E-state index contributed by atoms with van der Waals surface area (Å²) in [5, 5.41) is 3.45. The number of benzene rings is 2. The number of hydrogen-bond acceptors (Lipinski definition) is 1. The van der Waals surface area contributed by atoms with Gasteiger partial charge in [-0.25, -0.2) is 8.78 Å². The second kappa shape index (κ2) is 7.43. The average Bonchev–Trinajstić information content (AvgIpc) is 2.97. The van der Waals surface area contributed by atoms with Crippen LogP contribution in [0.1, 0.15) is 27.2 Å². The molecule has 0 saturated carbocycles. The van der Waals surface area contributed by atoms with Crippen LogP contribution in [0, 0.1) is 11.6 Å². The number of thioether (sulfide) groups is 1. The van der Waals surface area contributed by atoms with Crippen LogP contribution in [0.4, 0.5) is 8.78 Å². The van der Waals surface area contributed by atoms with E-state index in [1.807, 2.05) is 36.0 Å². The lowest BCUT2D eigenvalue weighted by atomic mass is 10.3. The van der Waals surface area contributed by atoms with Gasteiger partial charge in [-0.1, -0.05) is 57.2 Å². The average molecular weight is 374 g/mol. The fraction of sp³-hybridized carbons (Fsp3) is 0.238. The van der Waals surface area contributed by atoms with E-state index in [4.69, 9.17) is 0 Å². The number of rotatable bonds is 4. The standard InChI is InChI=1S/C21H21F2PS/c1-21(2,3)25-20-6-4-5-19(20)24(17-11-7-15(22)8-12-17)18-13-9-16(23)10-14-18/h4-5,7-14H,6H2,1-3H3. The van der Waals surface area contributed by atoms with Gasteiger partial charge in [0.05, 0.1) is 0 Å². The summed E-state index contributed by atoms with van der Waals surface area (Å²) in [5.41, 5.74) is 0. The highest BCUT2D eigenvalue weighted by Crippen LogP contribution is 2.52. The van der Waals surface area contributed by atoms with Crippen molar-refractivity contribution in [2.24, 2.45) is 0 Å². The van der Waals surface area contributed by atoms with Gasteiger partial charge in [0.15, 0.2) is 0 Å². The Hall–Kier alpha value is -1.44. The van der Waals surface area contributed by atoms with Gasteiger partial charge in [0, 0.05) is 4.75 Å². The number of halogens is 2. The first-order chi connectivity index (χ1) is 11.8. The molecule has 1 aliphatic carbocycles. The molecule has 1 aliphatic rings. The molecule has 25 heavy (non-hydrogen) atoms. The van der Waals surface area contributed by atoms with Crippen LogP contribution >= 0.6 is 19.7 Å². The van der Waals surface area contributed by atoms with Crippen molar-refractivity contribution >= 4 is 30.3 Å². The van der Waals surface area contributed by atoms with E-state index in [9.17, 15) is 8.78 Å². The maximum atomic E-state index is 13.4. The second-order valence-corrected chi connectivity index (χ2v) is 11.0. The summed E-state index contributed by atoms with van der Waals surface area (Å²) in [7, 11) is -0.830. The van der Waals surface area contributed by atoms with E-state index in [2.05, 4.69) is 32.9 Å². The molecule has 2 aromatic carbocycles. The molecule has 0 aromatic heterocycles. The molecule has 2 aromatic rings. The van der Waals surface area contributed by atoms with Gasteiger partial charge >= 0.3 is 0 Å². The zero-order chi connectivity index (χ0) is 18.0. The molecular weight excluding hydrogens is 353 g/mol. The Bertz CT molecular complexity index is 754. The second-order valence-electron chi connectivity index (χ2n) is 6.92. The van der Waals surface area contributed by atoms with Crippen LogP contribution in [0.2, 0.25) is 0 Å². The quantitative estimate of drug-likeness (QED) is 0.583. The maximum absolute atomic E-state index is 13.4. The van der Waals surface area contributed by atoms with Crippen LogP contribution in [-0.4, -0.2) is 4.75 Å². The Kier molecular flexibility index (Phi) is 5.46. The zero-order valence-electron chi connectivity index (χ0n) is 14.6. The normalized spacial score (nSPS) is 14.6. The SMILES string of the molecule is CC(C)(C)SC1=C(P(c2ccc(F)cc2)c2ccc(F)cc2)C=CC1. The Balaban J connectivity index is 2.10. The van der Waals surface area contributed by atoms with E-state index >= 15 is 0 Å². The van der Waals surface area contributed by atoms with Gasteiger partial charge in [-0.05, 0) is 59.4 Å². The molecule has 0 saturated heterocycles. The molecular formula is C21H21F2PS. The molecule has 130 valence electrons. The lowest BCUT2D eigenvalue weighted by Gasteiger charge is -2.24. The van der Waals surface area contributed by atoms with Crippen molar-refractivity contribution in [3.8, 4) is 0 Å². The van der Waals surface area contributed by atoms with Crippen molar-refractivity contribution in [1.29, 1.82) is 0 Å². The predicted octanol–water partition coefficient (Wildman–Crippen LogP) is 6.10. The monoisotopic (exact) mass is 374 g/mol. The van der Waals surface area contributed by atoms with Crippen molar-refractivity contribution in [1.82, 2.24) is 0 Å². The van der Waals surface area contributed by atoms with Crippen LogP contribution in [0.15, 0.2) is 70.9 Å². The molecule has 0 unspecified atom stereocenters. The van der Waals surface area contributed by atoms with E-state index in [0.29, 0.717) is 0 Å². The van der Waals surface area contributed by atoms with E-state index in [1.165, 1.54) is 34.5 Å². The molecule has 3 rings (SSSR count). The molecule has 0 amide bonds. The van der Waals surface area contributed by atoms with Gasteiger partial charge in [-0.2, -0.15) is 0 Å². The molecule has 0 radical (unpaired) electrons. The molecule has 0 heterocycles. The van der Waals surface area contributed by atoms with Gasteiger partial charge in [0.1, 0.15) is 11.6 Å². The van der Waals surface area contributed by atoms with E-state index in [1.54, 1.807) is 0 Å². The minimum atomic E-state index is -0.830. The van der Waals surface area contributed by atoms with Crippen LogP contribution in [-0.2, 0) is 0 Å². The maximum Gasteiger partial charge on any atom is 0.123 e. The summed E-state index contributed by atoms with van der Waals surface area (Å²) in [6.45, 7) is 6.62. The molecule has 0 spiro atoms. The summed E-state index contributed by atoms with van der Waals surface area (Å²) < 4.78 is 26.9. The third-order valence-electron chi connectivity index (χ3n) is 3.70. The summed E-state index contributed by atoms with van der Waals surface area (Å²) in [6.07, 6.45) is 5.30. The van der Waals surface area contributed by atoms with Crippen molar-refractivity contribution in [2.75, 3.05) is 0 Å². The highest BCUT2D eigenvalue weighted by Gasteiger charge is 2.25. The summed E-state index contributed by atoms with van der Waals surface area (Å²) in [4.78, 5) is 1.35. The molecule has 0 bridgehead atoms. The predicted molar refractivity (Wildman–Crippen MR) is 107 cm³/mol. The number of hydrogen-bond donors (Lipinski definition) is 0. The Morgan fingerprint density at radius 3 is 1.76 bits per heavy atom. The third-order valence-corrected chi connectivity index (χ3v) is 7.63. The van der Waals surface area contributed by atoms with Crippen molar-refractivity contribution < 1.29 is 8.78 Å². The van der Waals surface area contributed by atoms with Gasteiger partial charge in [0.2, 0.25) is 0 Å². The molecule has 4 heteroatoms. The first-order valence-electron chi connectivity index (χ1n) is 8.23. The lowest BCUT2D eigenvalue weighted by Crippen LogP contribution is -2.14. The van der Waals surface area contributed by atoms with Crippen molar-refractivity contribution in [3.05, 3.63) is 82.5 Å². The molecule has 0 N–H and O–H groups in total. The topological polar surface area (TPSA) is 0 Å². The van der Waals surface area contributed by atoms with Gasteiger partial charge in [-0.3, -0.25) is 0 Å². The van der Waals surface area contributed by atoms with Crippen molar-refractivity contribution in [2.45, 2.75) is 31.9 Å². The van der Waals surface area contributed by atoms with Crippen LogP contribution in [0.25, 0.3) is 0 Å². The smallest absolute Gasteiger partial charge is 0.123 e. The van der Waals surface area contributed by atoms with E-state index < -0.39 is 7.92 Å². The largest absolute Gasteiger partial charge is 0.207 e. The first-order valence-corrected chi connectivity index (χ1v) is 10.4. The zero-order valence-corrected chi connectivity index (χ0v) is 16.3. The first kappa shape index (κ1) is 18.4. The third kappa shape index (κ3) is 4.59. The minimum absolute atomic E-state index is 0.124. The summed E-state index contributed by atoms with van der Waals surface area (Å²) >= 11 is 1.88. The van der Waals surface area contributed by atoms with E-state index in [0.717, 1.165) is 17.0 Å². The highest BCUT2D eigenvalue weighted by molar-refractivity contribution is 8.04. The Morgan fingerprint density at radius 2 is 1.32 bits per heavy atom. The Labute approximate surface area is 153 Å². The summed E-state index contributed by atoms with van der Waals surface area (Å²) in [5.74, 6) is -0.476. The van der Waals surface area contributed by atoms with E-state index in [-0.39, 0.29) is 16.4 Å². The molecule has 0 fully saturated rings. The molecule has 0 atom stereocenters. The van der Waals surface area contributed by atoms with Crippen LogP contribution in [0.5, 0.6) is 0 Å². The van der Waals surface area contributed by atoms with Gasteiger partial charge in [-0.15, -0.1) is 11.8 Å². The van der Waals surface area contributed by atoms with Gasteiger partial charge in [0.25, 0.3) is 0 Å².